The van der Waals surface area contributed by atoms with E-state index in [1.54, 1.807) is 24.3 Å². The van der Waals surface area contributed by atoms with Crippen LogP contribution in [0, 0.1) is 11.5 Å². The first-order valence-electron chi connectivity index (χ1n) is 8.48. The highest BCUT2D eigenvalue weighted by Gasteiger charge is 2.29. The van der Waals surface area contributed by atoms with Crippen LogP contribution in [0.5, 0.6) is 5.75 Å². The van der Waals surface area contributed by atoms with Crippen LogP contribution in [-0.4, -0.2) is 31.4 Å². The van der Waals surface area contributed by atoms with Gasteiger partial charge in [0.2, 0.25) is 0 Å². The van der Waals surface area contributed by atoms with E-state index in [0.29, 0.717) is 5.75 Å². The van der Waals surface area contributed by atoms with Gasteiger partial charge in [0.1, 0.15) is 13.8 Å². The second-order valence-corrected chi connectivity index (χ2v) is 11.7. The Bertz CT molecular complexity index is 757. The predicted molar refractivity (Wildman–Crippen MR) is 104 cm³/mol. The molecule has 0 radical (unpaired) electrons. The van der Waals surface area contributed by atoms with Gasteiger partial charge in [0.05, 0.1) is 6.61 Å². The first-order chi connectivity index (χ1) is 12.3. The molecule has 0 aromatic heterocycles. The van der Waals surface area contributed by atoms with Gasteiger partial charge in [0.25, 0.3) is 0 Å². The second kappa shape index (κ2) is 9.34. The number of rotatable bonds is 6. The molecule has 0 heterocycles. The molecule has 0 spiro atoms. The zero-order chi connectivity index (χ0) is 19.0. The summed E-state index contributed by atoms with van der Waals surface area (Å²) < 4.78 is 11.0. The molecule has 4 nitrogen and oxygen atoms in total. The monoisotopic (exact) mass is 368 g/mol. The summed E-state index contributed by atoms with van der Waals surface area (Å²) in [4.78, 5) is 12.5. The fraction of sp³-hybridized carbons (Fsp3) is 0.286. The third-order valence-corrected chi connectivity index (χ3v) is 4.24. The van der Waals surface area contributed by atoms with Gasteiger partial charge in [-0.05, 0) is 17.7 Å². The summed E-state index contributed by atoms with van der Waals surface area (Å²) in [5.41, 5.74) is 3.97. The predicted octanol–water partition coefficient (Wildman–Crippen LogP) is 3.42. The van der Waals surface area contributed by atoms with E-state index in [-0.39, 0.29) is 6.61 Å². The second-order valence-electron chi connectivity index (χ2n) is 6.92. The van der Waals surface area contributed by atoms with Crippen LogP contribution in [0.25, 0.3) is 0 Å². The summed E-state index contributed by atoms with van der Waals surface area (Å²) in [5.74, 6) is 2.50. The van der Waals surface area contributed by atoms with Crippen molar-refractivity contribution in [2.45, 2.75) is 38.5 Å². The summed E-state index contributed by atoms with van der Waals surface area (Å²) in [7, 11) is -1.69. The van der Waals surface area contributed by atoms with Gasteiger partial charge in [0, 0.05) is 0 Å². The fourth-order valence-electron chi connectivity index (χ4n) is 2.08. The number of para-hydroxylation sites is 1. The molecule has 0 amide bonds. The summed E-state index contributed by atoms with van der Waals surface area (Å²) in [6.45, 7) is 6.37. The number of esters is 1. The molecule has 2 aromatic carbocycles. The van der Waals surface area contributed by atoms with Gasteiger partial charge < -0.3 is 14.6 Å². The van der Waals surface area contributed by atoms with Crippen molar-refractivity contribution in [3.05, 3.63) is 66.2 Å². The number of aliphatic hydroxyl groups is 1. The number of benzene rings is 2. The van der Waals surface area contributed by atoms with Crippen LogP contribution in [0.4, 0.5) is 0 Å². The SMILES string of the molecule is C[Si](C)(C)C#C[C@@H](O)[C@H](OCc1ccccc1)C(=O)Oc1ccccc1. The van der Waals surface area contributed by atoms with Crippen molar-refractivity contribution in [1.29, 1.82) is 0 Å². The standard InChI is InChI=1S/C21H24O4Si/c1-26(2,3)15-14-19(22)20(24-16-17-10-6-4-7-11-17)21(23)25-18-12-8-5-9-13-18/h4-13,19-20,22H,16H2,1-3H3/t19-,20+/m1/s1. The maximum absolute atomic E-state index is 12.5. The van der Waals surface area contributed by atoms with E-state index in [4.69, 9.17) is 9.47 Å². The Hall–Kier alpha value is -2.39. The Morgan fingerprint density at radius 3 is 2.19 bits per heavy atom. The molecule has 1 N–H and O–H groups in total. The molecule has 0 saturated heterocycles. The largest absolute Gasteiger partial charge is 0.425 e. The molecule has 0 saturated carbocycles. The number of hydrogen-bond donors (Lipinski definition) is 1. The van der Waals surface area contributed by atoms with Gasteiger partial charge in [-0.1, -0.05) is 74.1 Å². The molecule has 0 fully saturated rings. The lowest BCUT2D eigenvalue weighted by Crippen LogP contribution is -2.39. The highest BCUT2D eigenvalue weighted by atomic mass is 28.3. The third kappa shape index (κ3) is 6.85. The lowest BCUT2D eigenvalue weighted by atomic mass is 10.2. The maximum Gasteiger partial charge on any atom is 0.344 e. The van der Waals surface area contributed by atoms with E-state index < -0.39 is 26.3 Å². The van der Waals surface area contributed by atoms with Crippen LogP contribution in [-0.2, 0) is 16.1 Å². The van der Waals surface area contributed by atoms with Crippen LogP contribution in [0.3, 0.4) is 0 Å². The molecule has 0 aliphatic heterocycles. The van der Waals surface area contributed by atoms with E-state index in [1.807, 2.05) is 36.4 Å². The molecule has 0 aliphatic carbocycles. The van der Waals surface area contributed by atoms with Gasteiger partial charge >= 0.3 is 5.97 Å². The molecule has 5 heteroatoms. The quantitative estimate of drug-likeness (QED) is 0.367. The third-order valence-electron chi connectivity index (χ3n) is 3.35. The topological polar surface area (TPSA) is 55.8 Å². The maximum atomic E-state index is 12.5. The van der Waals surface area contributed by atoms with Crippen LogP contribution in [0.15, 0.2) is 60.7 Å². The van der Waals surface area contributed by atoms with Crippen molar-refractivity contribution < 1.29 is 19.4 Å². The number of carbonyl (C=O) groups excluding carboxylic acids is 1. The first-order valence-corrected chi connectivity index (χ1v) is 12.0. The lowest BCUT2D eigenvalue weighted by Gasteiger charge is -2.19. The van der Waals surface area contributed by atoms with Crippen LogP contribution < -0.4 is 4.74 Å². The van der Waals surface area contributed by atoms with E-state index in [2.05, 4.69) is 31.1 Å². The number of aliphatic hydroxyl groups excluding tert-OH is 1. The Morgan fingerprint density at radius 1 is 1.04 bits per heavy atom. The van der Waals surface area contributed by atoms with Crippen molar-refractivity contribution in [3.8, 4) is 17.2 Å². The summed E-state index contributed by atoms with van der Waals surface area (Å²) >= 11 is 0. The van der Waals surface area contributed by atoms with Gasteiger partial charge in [-0.25, -0.2) is 4.79 Å². The van der Waals surface area contributed by atoms with E-state index in [9.17, 15) is 9.90 Å². The summed E-state index contributed by atoms with van der Waals surface area (Å²) in [6.07, 6.45) is -2.43. The summed E-state index contributed by atoms with van der Waals surface area (Å²) in [5, 5.41) is 10.4. The zero-order valence-corrected chi connectivity index (χ0v) is 16.3. The van der Waals surface area contributed by atoms with E-state index in [0.717, 1.165) is 5.56 Å². The summed E-state index contributed by atoms with van der Waals surface area (Å²) in [6, 6.07) is 18.2. The van der Waals surface area contributed by atoms with Gasteiger partial charge in [0.15, 0.2) is 12.2 Å². The Labute approximate surface area is 155 Å². The molecule has 2 atom stereocenters. The average Bonchev–Trinajstić information content (AvgIpc) is 2.61. The first kappa shape index (κ1) is 19.9. The molecule has 0 unspecified atom stereocenters. The molecule has 2 aromatic rings. The molecular weight excluding hydrogens is 344 g/mol. The lowest BCUT2D eigenvalue weighted by molar-refractivity contribution is -0.153. The molecule has 0 aliphatic rings. The van der Waals surface area contributed by atoms with E-state index >= 15 is 0 Å². The fourth-order valence-corrected chi connectivity index (χ4v) is 2.66. The Kier molecular flexibility index (Phi) is 7.16. The highest BCUT2D eigenvalue weighted by molar-refractivity contribution is 6.83. The van der Waals surface area contributed by atoms with Gasteiger partial charge in [-0.15, -0.1) is 5.54 Å². The number of hydrogen-bond acceptors (Lipinski definition) is 4. The van der Waals surface area contributed by atoms with Gasteiger partial charge in [-0.2, -0.15) is 0 Å². The Morgan fingerprint density at radius 2 is 1.62 bits per heavy atom. The van der Waals surface area contributed by atoms with Crippen molar-refractivity contribution in [3.63, 3.8) is 0 Å². The van der Waals surface area contributed by atoms with Crippen molar-refractivity contribution in [2.24, 2.45) is 0 Å². The smallest absolute Gasteiger partial charge is 0.344 e. The molecule has 2 rings (SSSR count). The minimum atomic E-state index is -1.69. The van der Waals surface area contributed by atoms with Gasteiger partial charge in [-0.3, -0.25) is 0 Å². The van der Waals surface area contributed by atoms with Crippen molar-refractivity contribution >= 4 is 14.0 Å². The van der Waals surface area contributed by atoms with Crippen LogP contribution in [0.1, 0.15) is 5.56 Å². The Balaban J connectivity index is 2.13. The molecular formula is C21H24O4Si. The minimum Gasteiger partial charge on any atom is -0.425 e. The number of ether oxygens (including phenoxy) is 2. The van der Waals surface area contributed by atoms with E-state index in [1.165, 1.54) is 0 Å². The highest BCUT2D eigenvalue weighted by Crippen LogP contribution is 2.13. The number of carbonyl (C=O) groups is 1. The van der Waals surface area contributed by atoms with Crippen molar-refractivity contribution in [2.75, 3.05) is 0 Å². The van der Waals surface area contributed by atoms with Crippen LogP contribution in [0.2, 0.25) is 19.6 Å². The molecule has 136 valence electrons. The molecule has 26 heavy (non-hydrogen) atoms. The minimum absolute atomic E-state index is 0.182. The normalized spacial score (nSPS) is 13.2. The zero-order valence-electron chi connectivity index (χ0n) is 15.3. The van der Waals surface area contributed by atoms with Crippen LogP contribution >= 0.6 is 0 Å². The molecule has 0 bridgehead atoms. The average molecular weight is 369 g/mol. The van der Waals surface area contributed by atoms with Crippen molar-refractivity contribution in [1.82, 2.24) is 0 Å².